The molecule has 0 radical (unpaired) electrons. The molecule has 2 aromatic rings. The fourth-order valence-corrected chi connectivity index (χ4v) is 3.22. The van der Waals surface area contributed by atoms with E-state index in [4.69, 9.17) is 0 Å². The van der Waals surface area contributed by atoms with E-state index in [-0.39, 0.29) is 17.8 Å². The molecule has 4 nitrogen and oxygen atoms in total. The van der Waals surface area contributed by atoms with Crippen molar-refractivity contribution in [2.45, 2.75) is 31.2 Å². The van der Waals surface area contributed by atoms with Gasteiger partial charge in [-0.05, 0) is 50.7 Å². The van der Waals surface area contributed by atoms with Gasteiger partial charge >= 0.3 is 12.4 Å². The lowest BCUT2D eigenvalue weighted by Gasteiger charge is -2.30. The van der Waals surface area contributed by atoms with Crippen LogP contribution in [-0.4, -0.2) is 41.3 Å². The summed E-state index contributed by atoms with van der Waals surface area (Å²) in [4.78, 5) is 2.15. The average Bonchev–Trinajstić information content (AvgIpc) is 2.60. The Kier molecular flexibility index (Phi) is 5.51. The second-order valence-electron chi connectivity index (χ2n) is 6.81. The molecule has 0 saturated carbocycles. The van der Waals surface area contributed by atoms with Crippen LogP contribution in [0.1, 0.15) is 24.0 Å². The average molecular weight is 404 g/mol. The van der Waals surface area contributed by atoms with E-state index in [9.17, 15) is 26.3 Å². The molecule has 3 rings (SSSR count). The number of rotatable bonds is 3. The van der Waals surface area contributed by atoms with E-state index in [2.05, 4.69) is 20.4 Å². The standard InChI is InChI=1S/C18H18F6N4/c1-28-8-2-3-12(10-28)25-16-7-6-15(26-27-16)13-5-4-11(17(19,20)21)9-14(13)18(22,23)24/h4-7,9,12H,2-3,8,10H2,1H3,(H,25,27)/t12-/m1/s1. The molecule has 1 aromatic carbocycles. The number of nitrogens with zero attached hydrogens (tertiary/aromatic N) is 3. The van der Waals surface area contributed by atoms with Crippen LogP contribution in [0.25, 0.3) is 11.3 Å². The van der Waals surface area contributed by atoms with E-state index in [0.29, 0.717) is 11.9 Å². The van der Waals surface area contributed by atoms with Crippen LogP contribution in [0.4, 0.5) is 32.2 Å². The molecular formula is C18H18F6N4. The van der Waals surface area contributed by atoms with Crippen molar-refractivity contribution in [1.82, 2.24) is 15.1 Å². The molecular weight excluding hydrogens is 386 g/mol. The second kappa shape index (κ2) is 7.57. The van der Waals surface area contributed by atoms with Crippen LogP contribution in [0.5, 0.6) is 0 Å². The predicted octanol–water partition coefficient (Wildman–Crippen LogP) is 4.69. The molecule has 1 fully saturated rings. The number of anilines is 1. The SMILES string of the molecule is CN1CCC[C@@H](Nc2ccc(-c3ccc(C(F)(F)F)cc3C(F)(F)F)nn2)C1. The van der Waals surface area contributed by atoms with E-state index in [1.165, 1.54) is 12.1 Å². The first-order valence-electron chi connectivity index (χ1n) is 8.61. The molecule has 2 heterocycles. The predicted molar refractivity (Wildman–Crippen MR) is 91.6 cm³/mol. The first-order chi connectivity index (χ1) is 13.0. The molecule has 28 heavy (non-hydrogen) atoms. The molecule has 1 aromatic heterocycles. The first kappa shape index (κ1) is 20.4. The largest absolute Gasteiger partial charge is 0.417 e. The molecule has 1 saturated heterocycles. The Hall–Kier alpha value is -2.36. The highest BCUT2D eigenvalue weighted by Crippen LogP contribution is 2.40. The van der Waals surface area contributed by atoms with Crippen molar-refractivity contribution in [3.8, 4) is 11.3 Å². The summed E-state index contributed by atoms with van der Waals surface area (Å²) >= 11 is 0. The van der Waals surface area contributed by atoms with E-state index in [0.717, 1.165) is 32.0 Å². The van der Waals surface area contributed by atoms with Gasteiger partial charge in [0, 0.05) is 18.2 Å². The molecule has 0 bridgehead atoms. The Morgan fingerprint density at radius 1 is 1.00 bits per heavy atom. The Morgan fingerprint density at radius 3 is 2.32 bits per heavy atom. The maximum Gasteiger partial charge on any atom is 0.417 e. The minimum Gasteiger partial charge on any atom is -0.365 e. The number of alkyl halides is 6. The summed E-state index contributed by atoms with van der Waals surface area (Å²) in [6.07, 6.45) is -7.88. The molecule has 10 heteroatoms. The number of piperidine rings is 1. The van der Waals surface area contributed by atoms with E-state index in [1.54, 1.807) is 0 Å². The van der Waals surface area contributed by atoms with Crippen molar-refractivity contribution in [3.05, 3.63) is 41.5 Å². The summed E-state index contributed by atoms with van der Waals surface area (Å²) in [5.41, 5.74) is -3.35. The number of benzene rings is 1. The Bertz CT molecular complexity index is 816. The maximum absolute atomic E-state index is 13.3. The van der Waals surface area contributed by atoms with Crippen molar-refractivity contribution >= 4 is 5.82 Å². The lowest BCUT2D eigenvalue weighted by atomic mass is 10.0. The number of hydrogen-bond donors (Lipinski definition) is 1. The maximum atomic E-state index is 13.3. The zero-order valence-electron chi connectivity index (χ0n) is 14.9. The highest BCUT2D eigenvalue weighted by atomic mass is 19.4. The second-order valence-corrected chi connectivity index (χ2v) is 6.81. The molecule has 1 N–H and O–H groups in total. The van der Waals surface area contributed by atoms with Crippen molar-refractivity contribution in [2.24, 2.45) is 0 Å². The highest BCUT2D eigenvalue weighted by Gasteiger charge is 2.38. The van der Waals surface area contributed by atoms with Crippen LogP contribution in [0.2, 0.25) is 0 Å². The lowest BCUT2D eigenvalue weighted by molar-refractivity contribution is -0.142. The zero-order chi connectivity index (χ0) is 20.5. The number of likely N-dealkylation sites (N-methyl/N-ethyl adjacent to an activating group) is 1. The third kappa shape index (κ3) is 4.73. The topological polar surface area (TPSA) is 41.0 Å². The van der Waals surface area contributed by atoms with Gasteiger partial charge in [-0.2, -0.15) is 26.3 Å². The summed E-state index contributed by atoms with van der Waals surface area (Å²) in [6.45, 7) is 1.80. The van der Waals surface area contributed by atoms with Gasteiger partial charge in [-0.15, -0.1) is 10.2 Å². The monoisotopic (exact) mass is 404 g/mol. The fourth-order valence-electron chi connectivity index (χ4n) is 3.22. The van der Waals surface area contributed by atoms with Crippen LogP contribution in [0.3, 0.4) is 0 Å². The van der Waals surface area contributed by atoms with Gasteiger partial charge in [-0.3, -0.25) is 0 Å². The summed E-state index contributed by atoms with van der Waals surface area (Å²) < 4.78 is 78.2. The van der Waals surface area contributed by atoms with Gasteiger partial charge < -0.3 is 10.2 Å². The molecule has 1 atom stereocenters. The summed E-state index contributed by atoms with van der Waals surface area (Å²) in [5.74, 6) is 0.407. The quantitative estimate of drug-likeness (QED) is 0.754. The Morgan fingerprint density at radius 2 is 1.75 bits per heavy atom. The number of aromatic nitrogens is 2. The van der Waals surface area contributed by atoms with Crippen LogP contribution in [0.15, 0.2) is 30.3 Å². The molecule has 1 aliphatic heterocycles. The van der Waals surface area contributed by atoms with Crippen molar-refractivity contribution < 1.29 is 26.3 Å². The summed E-state index contributed by atoms with van der Waals surface area (Å²) in [6, 6.07) is 4.43. The summed E-state index contributed by atoms with van der Waals surface area (Å²) in [5, 5.41) is 10.9. The van der Waals surface area contributed by atoms with Crippen LogP contribution < -0.4 is 5.32 Å². The van der Waals surface area contributed by atoms with Crippen molar-refractivity contribution in [1.29, 1.82) is 0 Å². The van der Waals surface area contributed by atoms with Crippen molar-refractivity contribution in [3.63, 3.8) is 0 Å². The lowest BCUT2D eigenvalue weighted by Crippen LogP contribution is -2.39. The van der Waals surface area contributed by atoms with Crippen LogP contribution in [0, 0.1) is 0 Å². The zero-order valence-corrected chi connectivity index (χ0v) is 14.9. The van der Waals surface area contributed by atoms with Gasteiger partial charge in [0.05, 0.1) is 16.8 Å². The third-order valence-electron chi connectivity index (χ3n) is 4.57. The number of hydrogen-bond acceptors (Lipinski definition) is 4. The third-order valence-corrected chi connectivity index (χ3v) is 4.57. The molecule has 0 unspecified atom stereocenters. The smallest absolute Gasteiger partial charge is 0.365 e. The summed E-state index contributed by atoms with van der Waals surface area (Å²) in [7, 11) is 1.99. The Balaban J connectivity index is 1.87. The number of halogens is 6. The van der Waals surface area contributed by atoms with Gasteiger partial charge in [0.25, 0.3) is 0 Å². The van der Waals surface area contributed by atoms with E-state index < -0.39 is 29.0 Å². The van der Waals surface area contributed by atoms with Crippen LogP contribution in [-0.2, 0) is 12.4 Å². The Labute approximate surface area is 157 Å². The van der Waals surface area contributed by atoms with Gasteiger partial charge in [0.15, 0.2) is 0 Å². The van der Waals surface area contributed by atoms with Gasteiger partial charge in [0.2, 0.25) is 0 Å². The first-order valence-corrected chi connectivity index (χ1v) is 8.61. The fraction of sp³-hybridized carbons (Fsp3) is 0.444. The van der Waals surface area contributed by atoms with Crippen LogP contribution >= 0.6 is 0 Å². The molecule has 1 aliphatic rings. The minimum atomic E-state index is -4.96. The molecule has 0 spiro atoms. The molecule has 0 amide bonds. The van der Waals surface area contributed by atoms with Gasteiger partial charge in [-0.25, -0.2) is 0 Å². The highest BCUT2D eigenvalue weighted by molar-refractivity contribution is 5.65. The van der Waals surface area contributed by atoms with Gasteiger partial charge in [0.1, 0.15) is 5.82 Å². The van der Waals surface area contributed by atoms with Gasteiger partial charge in [-0.1, -0.05) is 6.07 Å². The number of nitrogens with one attached hydrogen (secondary N) is 1. The number of likely N-dealkylation sites (tertiary alicyclic amines) is 1. The van der Waals surface area contributed by atoms with E-state index in [1.807, 2.05) is 7.05 Å². The molecule has 0 aliphatic carbocycles. The molecule has 152 valence electrons. The van der Waals surface area contributed by atoms with E-state index >= 15 is 0 Å². The minimum absolute atomic E-state index is 0.0983. The normalized spacial score (nSPS) is 18.9. The van der Waals surface area contributed by atoms with Crippen molar-refractivity contribution in [2.75, 3.05) is 25.5 Å².